The molecule has 0 spiro atoms. The summed E-state index contributed by atoms with van der Waals surface area (Å²) in [4.78, 5) is 17.1. The van der Waals surface area contributed by atoms with E-state index in [2.05, 4.69) is 4.98 Å². The maximum absolute atomic E-state index is 13.5. The zero-order chi connectivity index (χ0) is 19.3. The van der Waals surface area contributed by atoms with Gasteiger partial charge in [0.05, 0.1) is 16.2 Å². The van der Waals surface area contributed by atoms with Gasteiger partial charge < -0.3 is 0 Å². The van der Waals surface area contributed by atoms with Gasteiger partial charge in [-0.2, -0.15) is 4.31 Å². The van der Waals surface area contributed by atoms with E-state index in [1.54, 1.807) is 0 Å². The summed E-state index contributed by atoms with van der Waals surface area (Å²) in [5.74, 6) is -1.11. The van der Waals surface area contributed by atoms with Gasteiger partial charge >= 0.3 is 0 Å². The van der Waals surface area contributed by atoms with E-state index in [-0.39, 0.29) is 35.5 Å². The molecule has 0 bridgehead atoms. The van der Waals surface area contributed by atoms with E-state index in [9.17, 15) is 22.0 Å². The van der Waals surface area contributed by atoms with Gasteiger partial charge in [-0.05, 0) is 42.8 Å². The molecule has 9 heteroatoms. The third-order valence-corrected chi connectivity index (χ3v) is 6.66. The van der Waals surface area contributed by atoms with Crippen LogP contribution in [-0.4, -0.2) is 28.7 Å². The number of rotatable bonds is 2. The summed E-state index contributed by atoms with van der Waals surface area (Å²) in [7, 11) is -3.91. The number of aryl methyl sites for hydroxylation is 1. The fourth-order valence-corrected chi connectivity index (χ4v) is 4.91. The van der Waals surface area contributed by atoms with E-state index in [1.807, 2.05) is 0 Å². The largest absolute Gasteiger partial charge is 0.269 e. The van der Waals surface area contributed by atoms with E-state index >= 15 is 0 Å². The average molecular weight is 391 g/mol. The van der Waals surface area contributed by atoms with E-state index in [4.69, 9.17) is 0 Å². The Kier molecular flexibility index (Phi) is 4.08. The predicted octanol–water partition coefficient (Wildman–Crippen LogP) is 2.03. The molecule has 0 radical (unpaired) electrons. The molecule has 0 aliphatic carbocycles. The Bertz CT molecular complexity index is 1240. The van der Waals surface area contributed by atoms with Gasteiger partial charge in [0, 0.05) is 25.7 Å². The Morgan fingerprint density at radius 2 is 1.85 bits per heavy atom. The summed E-state index contributed by atoms with van der Waals surface area (Å²) in [5.41, 5.74) is 0.828. The van der Waals surface area contributed by atoms with Gasteiger partial charge in [-0.1, -0.05) is 0 Å². The zero-order valence-electron chi connectivity index (χ0n) is 14.3. The monoisotopic (exact) mass is 391 g/mol. The van der Waals surface area contributed by atoms with Gasteiger partial charge in [0.25, 0.3) is 5.56 Å². The fourth-order valence-electron chi connectivity index (χ4n) is 3.29. The van der Waals surface area contributed by atoms with E-state index in [0.717, 1.165) is 22.7 Å². The molecule has 0 fully saturated rings. The SMILES string of the molecule is Cc1cc(F)ccc1S(=O)(=O)N1CCc2nc3ccc(F)cn3c(=O)c2C1. The molecule has 0 unspecified atom stereocenters. The van der Waals surface area contributed by atoms with E-state index in [1.165, 1.54) is 29.4 Å². The molecule has 0 atom stereocenters. The molecule has 0 N–H and O–H groups in total. The highest BCUT2D eigenvalue weighted by Crippen LogP contribution is 2.25. The first kappa shape index (κ1) is 17.7. The highest BCUT2D eigenvalue weighted by atomic mass is 32.2. The molecular weight excluding hydrogens is 376 g/mol. The van der Waals surface area contributed by atoms with Crippen molar-refractivity contribution in [3.63, 3.8) is 0 Å². The van der Waals surface area contributed by atoms with Crippen LogP contribution in [0.3, 0.4) is 0 Å². The van der Waals surface area contributed by atoms with Gasteiger partial charge in [-0.15, -0.1) is 0 Å². The second kappa shape index (κ2) is 6.21. The van der Waals surface area contributed by atoms with Crippen LogP contribution in [0.25, 0.3) is 5.65 Å². The molecule has 140 valence electrons. The third-order valence-electron chi connectivity index (χ3n) is 4.65. The zero-order valence-corrected chi connectivity index (χ0v) is 15.1. The van der Waals surface area contributed by atoms with Crippen LogP contribution in [0.15, 0.2) is 46.2 Å². The normalized spacial score (nSPS) is 15.1. The van der Waals surface area contributed by atoms with Crippen molar-refractivity contribution in [3.05, 3.63) is 75.3 Å². The number of nitrogens with zero attached hydrogens (tertiary/aromatic N) is 3. The molecule has 27 heavy (non-hydrogen) atoms. The van der Waals surface area contributed by atoms with Crippen molar-refractivity contribution in [3.8, 4) is 0 Å². The minimum absolute atomic E-state index is 0.00718. The summed E-state index contributed by atoms with van der Waals surface area (Å²) in [6.07, 6.45) is 1.29. The molecule has 3 heterocycles. The molecule has 4 rings (SSSR count). The lowest BCUT2D eigenvalue weighted by atomic mass is 10.1. The van der Waals surface area contributed by atoms with Crippen LogP contribution < -0.4 is 5.56 Å². The van der Waals surface area contributed by atoms with Crippen LogP contribution in [0.4, 0.5) is 8.78 Å². The van der Waals surface area contributed by atoms with E-state index in [0.29, 0.717) is 11.3 Å². The van der Waals surface area contributed by atoms with Crippen molar-refractivity contribution in [1.29, 1.82) is 0 Å². The Morgan fingerprint density at radius 3 is 2.59 bits per heavy atom. The molecule has 1 aliphatic heterocycles. The summed E-state index contributed by atoms with van der Waals surface area (Å²) in [6.45, 7) is 1.50. The molecule has 1 aromatic carbocycles. The lowest BCUT2D eigenvalue weighted by Crippen LogP contribution is -2.40. The predicted molar refractivity (Wildman–Crippen MR) is 93.9 cm³/mol. The van der Waals surface area contributed by atoms with E-state index < -0.39 is 27.2 Å². The van der Waals surface area contributed by atoms with Crippen molar-refractivity contribution in [1.82, 2.24) is 13.7 Å². The Balaban J connectivity index is 1.79. The lowest BCUT2D eigenvalue weighted by Gasteiger charge is -2.27. The Labute approximate surface area is 153 Å². The molecule has 0 saturated carbocycles. The number of hydrogen-bond acceptors (Lipinski definition) is 4. The Morgan fingerprint density at radius 1 is 1.11 bits per heavy atom. The minimum Gasteiger partial charge on any atom is -0.269 e. The van der Waals surface area contributed by atoms with Crippen LogP contribution in [0, 0.1) is 18.6 Å². The first-order valence-electron chi connectivity index (χ1n) is 8.23. The highest BCUT2D eigenvalue weighted by molar-refractivity contribution is 7.89. The van der Waals surface area contributed by atoms with Gasteiger partial charge in [-0.25, -0.2) is 22.2 Å². The van der Waals surface area contributed by atoms with Gasteiger partial charge in [0.2, 0.25) is 10.0 Å². The summed E-state index contributed by atoms with van der Waals surface area (Å²) < 4.78 is 55.0. The summed E-state index contributed by atoms with van der Waals surface area (Å²) >= 11 is 0. The number of fused-ring (bicyclic) bond motifs is 2. The number of benzene rings is 1. The molecule has 0 amide bonds. The molecular formula is C18H15F2N3O3S. The number of aromatic nitrogens is 2. The van der Waals surface area contributed by atoms with Crippen molar-refractivity contribution >= 4 is 15.7 Å². The van der Waals surface area contributed by atoms with Crippen LogP contribution in [0.1, 0.15) is 16.8 Å². The topological polar surface area (TPSA) is 71.8 Å². The quantitative estimate of drug-likeness (QED) is 0.670. The third kappa shape index (κ3) is 2.92. The van der Waals surface area contributed by atoms with Crippen LogP contribution in [0.2, 0.25) is 0 Å². The molecule has 3 aromatic rings. The van der Waals surface area contributed by atoms with Crippen LogP contribution in [0.5, 0.6) is 0 Å². The summed E-state index contributed by atoms with van der Waals surface area (Å²) in [6, 6.07) is 6.07. The Hall–Kier alpha value is -2.65. The molecule has 2 aromatic heterocycles. The van der Waals surface area contributed by atoms with Crippen molar-refractivity contribution in [2.75, 3.05) is 6.54 Å². The van der Waals surface area contributed by atoms with Crippen molar-refractivity contribution in [2.24, 2.45) is 0 Å². The average Bonchev–Trinajstić information content (AvgIpc) is 2.62. The maximum atomic E-state index is 13.5. The second-order valence-corrected chi connectivity index (χ2v) is 8.32. The smallest absolute Gasteiger partial charge is 0.262 e. The molecule has 6 nitrogen and oxygen atoms in total. The second-order valence-electron chi connectivity index (χ2n) is 6.42. The minimum atomic E-state index is -3.91. The fraction of sp³-hybridized carbons (Fsp3) is 0.222. The summed E-state index contributed by atoms with van der Waals surface area (Å²) in [5, 5.41) is 0. The number of sulfonamides is 1. The van der Waals surface area contributed by atoms with Crippen molar-refractivity contribution in [2.45, 2.75) is 24.8 Å². The number of pyridine rings is 1. The number of halogens is 2. The standard InChI is InChI=1S/C18H15F2N3O3S/c1-11-8-12(19)2-4-16(11)27(25,26)22-7-6-15-14(10-22)18(24)23-9-13(20)3-5-17(23)21-15/h2-5,8-9H,6-7,10H2,1H3. The lowest BCUT2D eigenvalue weighted by molar-refractivity contribution is 0.384. The first-order chi connectivity index (χ1) is 12.8. The first-order valence-corrected chi connectivity index (χ1v) is 9.67. The van der Waals surface area contributed by atoms with Gasteiger partial charge in [-0.3, -0.25) is 9.20 Å². The van der Waals surface area contributed by atoms with Gasteiger partial charge in [0.1, 0.15) is 17.3 Å². The molecule has 1 aliphatic rings. The highest BCUT2D eigenvalue weighted by Gasteiger charge is 2.32. The van der Waals surface area contributed by atoms with Crippen molar-refractivity contribution < 1.29 is 17.2 Å². The van der Waals surface area contributed by atoms with Crippen LogP contribution >= 0.6 is 0 Å². The van der Waals surface area contributed by atoms with Crippen LogP contribution in [-0.2, 0) is 23.0 Å². The number of hydrogen-bond donors (Lipinski definition) is 0. The molecule has 0 saturated heterocycles. The maximum Gasteiger partial charge on any atom is 0.262 e. The van der Waals surface area contributed by atoms with Gasteiger partial charge in [0.15, 0.2) is 0 Å².